The number of hydrogen-bond acceptors (Lipinski definition) is 4. The highest BCUT2D eigenvalue weighted by Gasteiger charge is 2.32. The molecule has 1 N–H and O–H groups in total. The number of pyridine rings is 1. The van der Waals surface area contributed by atoms with E-state index in [1.165, 1.54) is 0 Å². The van der Waals surface area contributed by atoms with E-state index in [2.05, 4.69) is 11.4 Å². The fourth-order valence-corrected chi connectivity index (χ4v) is 2.78. The van der Waals surface area contributed by atoms with Gasteiger partial charge >= 0.3 is 6.09 Å². The number of ether oxygens (including phenoxy) is 1. The SMILES string of the molecule is CC(C)(C)OC(=O)N1CCNCC1c1ccc2ccccc2n1. The van der Waals surface area contributed by atoms with Gasteiger partial charge in [0, 0.05) is 25.0 Å². The third-order valence-electron chi connectivity index (χ3n) is 3.83. The van der Waals surface area contributed by atoms with Crippen LogP contribution in [0.25, 0.3) is 10.9 Å². The van der Waals surface area contributed by atoms with Crippen molar-refractivity contribution in [2.45, 2.75) is 32.4 Å². The predicted molar refractivity (Wildman–Crippen MR) is 90.3 cm³/mol. The Hall–Kier alpha value is -2.14. The minimum atomic E-state index is -0.497. The number of hydrogen-bond donors (Lipinski definition) is 1. The van der Waals surface area contributed by atoms with Gasteiger partial charge in [0.2, 0.25) is 0 Å². The second-order valence-corrected chi connectivity index (χ2v) is 6.82. The molecule has 1 amide bonds. The number of piperazine rings is 1. The molecule has 1 aromatic carbocycles. The lowest BCUT2D eigenvalue weighted by Gasteiger charge is -2.36. The Bertz CT molecular complexity index is 709. The molecule has 5 nitrogen and oxygen atoms in total. The summed E-state index contributed by atoms with van der Waals surface area (Å²) in [4.78, 5) is 19.0. The normalized spacial score (nSPS) is 18.9. The highest BCUT2D eigenvalue weighted by molar-refractivity contribution is 5.78. The van der Waals surface area contributed by atoms with Gasteiger partial charge in [-0.05, 0) is 32.9 Å². The molecule has 1 unspecified atom stereocenters. The average molecular weight is 313 g/mol. The van der Waals surface area contributed by atoms with Gasteiger partial charge in [0.25, 0.3) is 0 Å². The fourth-order valence-electron chi connectivity index (χ4n) is 2.78. The third kappa shape index (κ3) is 3.62. The number of amides is 1. The number of carbonyl (C=O) groups excluding carboxylic acids is 1. The van der Waals surface area contributed by atoms with Crippen molar-refractivity contribution in [2.75, 3.05) is 19.6 Å². The third-order valence-corrected chi connectivity index (χ3v) is 3.83. The second-order valence-electron chi connectivity index (χ2n) is 6.82. The smallest absolute Gasteiger partial charge is 0.410 e. The minimum Gasteiger partial charge on any atom is -0.444 e. The topological polar surface area (TPSA) is 54.5 Å². The summed E-state index contributed by atoms with van der Waals surface area (Å²) in [6.07, 6.45) is -0.279. The van der Waals surface area contributed by atoms with E-state index in [1.807, 2.05) is 51.1 Å². The van der Waals surface area contributed by atoms with Crippen LogP contribution in [0.3, 0.4) is 0 Å². The lowest BCUT2D eigenvalue weighted by molar-refractivity contribution is 0.0113. The number of aromatic nitrogens is 1. The van der Waals surface area contributed by atoms with Crippen molar-refractivity contribution in [3.63, 3.8) is 0 Å². The van der Waals surface area contributed by atoms with Crippen LogP contribution in [0.5, 0.6) is 0 Å². The van der Waals surface area contributed by atoms with Gasteiger partial charge in [-0.2, -0.15) is 0 Å². The molecule has 1 atom stereocenters. The van der Waals surface area contributed by atoms with Crippen LogP contribution in [-0.2, 0) is 4.74 Å². The average Bonchev–Trinajstić information content (AvgIpc) is 2.53. The summed E-state index contributed by atoms with van der Waals surface area (Å²) in [6.45, 7) is 7.73. The summed E-state index contributed by atoms with van der Waals surface area (Å²) >= 11 is 0. The first kappa shape index (κ1) is 15.7. The van der Waals surface area contributed by atoms with Crippen LogP contribution >= 0.6 is 0 Å². The zero-order chi connectivity index (χ0) is 16.4. The molecule has 0 bridgehead atoms. The zero-order valence-electron chi connectivity index (χ0n) is 13.9. The molecular weight excluding hydrogens is 290 g/mol. The van der Waals surface area contributed by atoms with Crippen molar-refractivity contribution < 1.29 is 9.53 Å². The van der Waals surface area contributed by atoms with Crippen LogP contribution in [0.4, 0.5) is 4.79 Å². The fraction of sp³-hybridized carbons (Fsp3) is 0.444. The van der Waals surface area contributed by atoms with E-state index in [-0.39, 0.29) is 12.1 Å². The first-order valence-corrected chi connectivity index (χ1v) is 8.00. The van der Waals surface area contributed by atoms with Gasteiger partial charge in [-0.3, -0.25) is 9.88 Å². The van der Waals surface area contributed by atoms with Crippen molar-refractivity contribution >= 4 is 17.0 Å². The van der Waals surface area contributed by atoms with Crippen molar-refractivity contribution in [1.82, 2.24) is 15.2 Å². The molecule has 0 aliphatic carbocycles. The van der Waals surface area contributed by atoms with Crippen molar-refractivity contribution in [3.05, 3.63) is 42.1 Å². The van der Waals surface area contributed by atoms with Crippen LogP contribution in [0.1, 0.15) is 32.5 Å². The van der Waals surface area contributed by atoms with Gasteiger partial charge in [-0.1, -0.05) is 24.3 Å². The summed E-state index contributed by atoms with van der Waals surface area (Å²) in [6, 6.07) is 12.0. The molecule has 1 fully saturated rings. The van der Waals surface area contributed by atoms with E-state index in [4.69, 9.17) is 9.72 Å². The van der Waals surface area contributed by atoms with Crippen LogP contribution in [0, 0.1) is 0 Å². The largest absolute Gasteiger partial charge is 0.444 e. The molecule has 1 aromatic heterocycles. The molecule has 2 heterocycles. The van der Waals surface area contributed by atoms with Crippen molar-refractivity contribution in [3.8, 4) is 0 Å². The quantitative estimate of drug-likeness (QED) is 0.879. The highest BCUT2D eigenvalue weighted by atomic mass is 16.6. The van der Waals surface area contributed by atoms with Crippen LogP contribution in [0.2, 0.25) is 0 Å². The first-order chi connectivity index (χ1) is 10.9. The van der Waals surface area contributed by atoms with E-state index in [1.54, 1.807) is 4.90 Å². The number of nitrogens with zero attached hydrogens (tertiary/aromatic N) is 2. The Balaban J connectivity index is 1.89. The Labute approximate surface area is 136 Å². The lowest BCUT2D eigenvalue weighted by atomic mass is 10.1. The summed E-state index contributed by atoms with van der Waals surface area (Å²) in [5, 5.41) is 4.44. The number of para-hydroxylation sites is 1. The van der Waals surface area contributed by atoms with Crippen LogP contribution in [-0.4, -0.2) is 41.2 Å². The van der Waals surface area contributed by atoms with Gasteiger partial charge < -0.3 is 10.1 Å². The molecule has 122 valence electrons. The zero-order valence-corrected chi connectivity index (χ0v) is 13.9. The molecule has 0 spiro atoms. The standard InChI is InChI=1S/C18H23N3O2/c1-18(2,3)23-17(22)21-11-10-19-12-16(21)15-9-8-13-6-4-5-7-14(13)20-15/h4-9,16,19H,10-12H2,1-3H3. The number of nitrogens with one attached hydrogen (secondary N) is 1. The molecule has 1 aliphatic heterocycles. The lowest BCUT2D eigenvalue weighted by Crippen LogP contribution is -2.50. The number of rotatable bonds is 1. The molecule has 0 saturated carbocycles. The van der Waals surface area contributed by atoms with E-state index < -0.39 is 5.60 Å². The maximum absolute atomic E-state index is 12.5. The molecule has 3 rings (SSSR count). The molecule has 2 aromatic rings. The second kappa shape index (κ2) is 6.16. The Kier molecular flexibility index (Phi) is 4.22. The van der Waals surface area contributed by atoms with Gasteiger partial charge in [0.1, 0.15) is 5.60 Å². The Morgan fingerprint density at radius 3 is 2.83 bits per heavy atom. The molecular formula is C18H23N3O2. The molecule has 1 aliphatic rings. The summed E-state index contributed by atoms with van der Waals surface area (Å²) in [5.41, 5.74) is 1.34. The van der Waals surface area contributed by atoms with Gasteiger partial charge in [-0.15, -0.1) is 0 Å². The van der Waals surface area contributed by atoms with E-state index in [0.29, 0.717) is 13.1 Å². The summed E-state index contributed by atoms with van der Waals surface area (Å²) in [7, 11) is 0. The Morgan fingerprint density at radius 2 is 2.04 bits per heavy atom. The van der Waals surface area contributed by atoms with Gasteiger partial charge in [0.05, 0.1) is 17.3 Å². The van der Waals surface area contributed by atoms with Gasteiger partial charge in [0.15, 0.2) is 0 Å². The van der Waals surface area contributed by atoms with E-state index in [9.17, 15) is 4.79 Å². The maximum atomic E-state index is 12.5. The van der Waals surface area contributed by atoms with Gasteiger partial charge in [-0.25, -0.2) is 4.79 Å². The van der Waals surface area contributed by atoms with Crippen LogP contribution < -0.4 is 5.32 Å². The van der Waals surface area contributed by atoms with Crippen LogP contribution in [0.15, 0.2) is 36.4 Å². The molecule has 5 heteroatoms. The molecule has 23 heavy (non-hydrogen) atoms. The van der Waals surface area contributed by atoms with E-state index in [0.717, 1.165) is 23.1 Å². The van der Waals surface area contributed by atoms with Crippen molar-refractivity contribution in [2.24, 2.45) is 0 Å². The summed E-state index contributed by atoms with van der Waals surface area (Å²) in [5.74, 6) is 0. The minimum absolute atomic E-state index is 0.108. The highest BCUT2D eigenvalue weighted by Crippen LogP contribution is 2.25. The predicted octanol–water partition coefficient (Wildman–Crippen LogP) is 3.12. The monoisotopic (exact) mass is 313 g/mol. The molecule has 0 radical (unpaired) electrons. The summed E-state index contributed by atoms with van der Waals surface area (Å²) < 4.78 is 5.55. The van der Waals surface area contributed by atoms with Crippen molar-refractivity contribution in [1.29, 1.82) is 0 Å². The number of carbonyl (C=O) groups is 1. The molecule has 1 saturated heterocycles. The maximum Gasteiger partial charge on any atom is 0.410 e. The Morgan fingerprint density at radius 1 is 1.26 bits per heavy atom. The number of fused-ring (bicyclic) bond motifs is 1. The number of benzene rings is 1. The van der Waals surface area contributed by atoms with E-state index >= 15 is 0 Å². The first-order valence-electron chi connectivity index (χ1n) is 8.00.